The number of phenols is 1. The van der Waals surface area contributed by atoms with E-state index in [1.165, 1.54) is 0 Å². The van der Waals surface area contributed by atoms with Crippen LogP contribution in [0.25, 0.3) is 0 Å². The molecule has 0 aliphatic carbocycles. The molecule has 0 bridgehead atoms. The maximum absolute atomic E-state index is 10.6. The first-order chi connectivity index (χ1) is 8.65. The fourth-order valence-electron chi connectivity index (χ4n) is 1.44. The summed E-state index contributed by atoms with van der Waals surface area (Å²) in [4.78, 5) is 14.6. The zero-order valence-corrected chi connectivity index (χ0v) is 10.3. The highest BCUT2D eigenvalue weighted by molar-refractivity contribution is 7.11. The van der Waals surface area contributed by atoms with Gasteiger partial charge in [-0.25, -0.2) is 9.78 Å². The van der Waals surface area contributed by atoms with Crippen molar-refractivity contribution < 1.29 is 15.0 Å². The molecule has 6 heteroatoms. The number of thiazole rings is 1. The molecule has 18 heavy (non-hydrogen) atoms. The van der Waals surface area contributed by atoms with E-state index in [4.69, 9.17) is 10.2 Å². The maximum Gasteiger partial charge on any atom is 0.365 e. The highest BCUT2D eigenvalue weighted by Gasteiger charge is 2.08. The van der Waals surface area contributed by atoms with Gasteiger partial charge in [0.25, 0.3) is 0 Å². The lowest BCUT2D eigenvalue weighted by molar-refractivity contribution is 0.0696. The average Bonchev–Trinajstić information content (AvgIpc) is 2.81. The first-order valence-electron chi connectivity index (χ1n) is 5.31. The summed E-state index contributed by atoms with van der Waals surface area (Å²) in [6, 6.07) is 6.91. The van der Waals surface area contributed by atoms with Gasteiger partial charge in [0.1, 0.15) is 5.75 Å². The van der Waals surface area contributed by atoms with Gasteiger partial charge in [0.15, 0.2) is 0 Å². The van der Waals surface area contributed by atoms with Gasteiger partial charge in [0, 0.05) is 18.5 Å². The normalized spacial score (nSPS) is 10.4. The standard InChI is InChI=1S/C12H12N2O3S/c15-10-3-1-8(2-4-10)5-13-6-9-7-18-11(14-9)12(16)17/h1-4,7,13,15H,5-6H2,(H,16,17). The van der Waals surface area contributed by atoms with Crippen molar-refractivity contribution in [2.24, 2.45) is 0 Å². The van der Waals surface area contributed by atoms with Crippen LogP contribution >= 0.6 is 11.3 Å². The summed E-state index contributed by atoms with van der Waals surface area (Å²) in [6.45, 7) is 1.16. The molecule has 2 aromatic rings. The van der Waals surface area contributed by atoms with Crippen molar-refractivity contribution in [3.05, 3.63) is 45.9 Å². The second-order valence-electron chi connectivity index (χ2n) is 3.72. The van der Waals surface area contributed by atoms with E-state index in [0.717, 1.165) is 22.6 Å². The van der Waals surface area contributed by atoms with Gasteiger partial charge < -0.3 is 15.5 Å². The monoisotopic (exact) mass is 264 g/mol. The summed E-state index contributed by atoms with van der Waals surface area (Å²) >= 11 is 1.12. The van der Waals surface area contributed by atoms with Crippen LogP contribution in [0.4, 0.5) is 0 Å². The summed E-state index contributed by atoms with van der Waals surface area (Å²) in [6.07, 6.45) is 0. The molecule has 0 saturated carbocycles. The number of benzene rings is 1. The number of phenolic OH excluding ortho intramolecular Hbond substituents is 1. The average molecular weight is 264 g/mol. The van der Waals surface area contributed by atoms with Crippen LogP contribution < -0.4 is 5.32 Å². The molecule has 0 aliphatic rings. The Morgan fingerprint density at radius 1 is 1.28 bits per heavy atom. The topological polar surface area (TPSA) is 82.5 Å². The van der Waals surface area contributed by atoms with Gasteiger partial charge in [-0.05, 0) is 17.7 Å². The third kappa shape index (κ3) is 3.28. The van der Waals surface area contributed by atoms with E-state index >= 15 is 0 Å². The van der Waals surface area contributed by atoms with E-state index in [9.17, 15) is 4.79 Å². The van der Waals surface area contributed by atoms with E-state index in [1.807, 2.05) is 12.1 Å². The van der Waals surface area contributed by atoms with Crippen LogP contribution in [0.5, 0.6) is 5.75 Å². The third-order valence-corrected chi connectivity index (χ3v) is 3.19. The fourth-order valence-corrected chi connectivity index (χ4v) is 2.09. The highest BCUT2D eigenvalue weighted by atomic mass is 32.1. The molecular weight excluding hydrogens is 252 g/mol. The van der Waals surface area contributed by atoms with Crippen LogP contribution in [0.1, 0.15) is 21.1 Å². The number of hydrogen-bond donors (Lipinski definition) is 3. The van der Waals surface area contributed by atoms with Gasteiger partial charge in [-0.2, -0.15) is 0 Å². The Labute approximate surface area is 108 Å². The van der Waals surface area contributed by atoms with Crippen LogP contribution in [0.2, 0.25) is 0 Å². The van der Waals surface area contributed by atoms with E-state index in [2.05, 4.69) is 10.3 Å². The van der Waals surface area contributed by atoms with E-state index in [1.54, 1.807) is 17.5 Å². The number of aromatic nitrogens is 1. The molecule has 0 unspecified atom stereocenters. The molecule has 2 rings (SSSR count). The first kappa shape index (κ1) is 12.5. The smallest absolute Gasteiger partial charge is 0.365 e. The Balaban J connectivity index is 1.84. The number of carboxylic acids is 1. The number of nitrogens with zero attached hydrogens (tertiary/aromatic N) is 1. The van der Waals surface area contributed by atoms with Crippen molar-refractivity contribution >= 4 is 17.3 Å². The second-order valence-corrected chi connectivity index (χ2v) is 4.58. The molecule has 1 heterocycles. The van der Waals surface area contributed by atoms with Crippen LogP contribution in [-0.2, 0) is 13.1 Å². The Morgan fingerprint density at radius 2 is 2.00 bits per heavy atom. The van der Waals surface area contributed by atoms with Crippen LogP contribution in [0.3, 0.4) is 0 Å². The van der Waals surface area contributed by atoms with Gasteiger partial charge in [-0.1, -0.05) is 12.1 Å². The van der Waals surface area contributed by atoms with Gasteiger partial charge in [-0.15, -0.1) is 11.3 Å². The van der Waals surface area contributed by atoms with Crippen molar-refractivity contribution in [3.8, 4) is 5.75 Å². The molecule has 94 valence electrons. The Bertz CT molecular complexity index is 537. The van der Waals surface area contributed by atoms with Crippen molar-refractivity contribution in [3.63, 3.8) is 0 Å². The van der Waals surface area contributed by atoms with E-state index in [0.29, 0.717) is 13.1 Å². The molecule has 0 spiro atoms. The van der Waals surface area contributed by atoms with Crippen molar-refractivity contribution in [1.29, 1.82) is 0 Å². The molecule has 1 aromatic heterocycles. The SMILES string of the molecule is O=C(O)c1nc(CNCc2ccc(O)cc2)cs1. The minimum Gasteiger partial charge on any atom is -0.508 e. The maximum atomic E-state index is 10.6. The lowest BCUT2D eigenvalue weighted by atomic mass is 10.2. The Hall–Kier alpha value is -1.92. The molecule has 0 radical (unpaired) electrons. The van der Waals surface area contributed by atoms with Crippen molar-refractivity contribution in [2.75, 3.05) is 0 Å². The number of hydrogen-bond acceptors (Lipinski definition) is 5. The van der Waals surface area contributed by atoms with Gasteiger partial charge >= 0.3 is 5.97 Å². The number of aromatic hydroxyl groups is 1. The molecule has 0 amide bonds. The van der Waals surface area contributed by atoms with Gasteiger partial charge in [0.2, 0.25) is 5.01 Å². The summed E-state index contributed by atoms with van der Waals surface area (Å²) in [7, 11) is 0. The summed E-state index contributed by atoms with van der Waals surface area (Å²) in [5.74, 6) is -0.755. The summed E-state index contributed by atoms with van der Waals surface area (Å²) in [5.41, 5.74) is 1.76. The summed E-state index contributed by atoms with van der Waals surface area (Å²) < 4.78 is 0. The van der Waals surface area contributed by atoms with Crippen LogP contribution in [-0.4, -0.2) is 21.2 Å². The predicted octanol–water partition coefficient (Wildman–Crippen LogP) is 1.84. The fraction of sp³-hybridized carbons (Fsp3) is 0.167. The van der Waals surface area contributed by atoms with Gasteiger partial charge in [-0.3, -0.25) is 0 Å². The number of carbonyl (C=O) groups is 1. The number of rotatable bonds is 5. The molecular formula is C12H12N2O3S. The lowest BCUT2D eigenvalue weighted by Gasteiger charge is -2.03. The number of aromatic carboxylic acids is 1. The number of carboxylic acid groups (broad SMARTS) is 1. The van der Waals surface area contributed by atoms with Crippen LogP contribution in [0, 0.1) is 0 Å². The molecule has 0 atom stereocenters. The van der Waals surface area contributed by atoms with Crippen LogP contribution in [0.15, 0.2) is 29.6 Å². The van der Waals surface area contributed by atoms with E-state index < -0.39 is 5.97 Å². The molecule has 3 N–H and O–H groups in total. The van der Waals surface area contributed by atoms with E-state index in [-0.39, 0.29) is 10.8 Å². The minimum atomic E-state index is -0.996. The number of nitrogens with one attached hydrogen (secondary N) is 1. The quantitative estimate of drug-likeness (QED) is 0.767. The zero-order chi connectivity index (χ0) is 13.0. The summed E-state index contributed by atoms with van der Waals surface area (Å²) in [5, 5.41) is 22.9. The lowest BCUT2D eigenvalue weighted by Crippen LogP contribution is -2.13. The zero-order valence-electron chi connectivity index (χ0n) is 9.46. The Kier molecular flexibility index (Phi) is 3.91. The Morgan fingerprint density at radius 3 is 2.61 bits per heavy atom. The highest BCUT2D eigenvalue weighted by Crippen LogP contribution is 2.11. The third-order valence-electron chi connectivity index (χ3n) is 2.31. The molecule has 5 nitrogen and oxygen atoms in total. The first-order valence-corrected chi connectivity index (χ1v) is 6.19. The second kappa shape index (κ2) is 5.61. The predicted molar refractivity (Wildman–Crippen MR) is 67.7 cm³/mol. The van der Waals surface area contributed by atoms with Gasteiger partial charge in [0.05, 0.1) is 5.69 Å². The molecule has 0 saturated heterocycles. The van der Waals surface area contributed by atoms with Crippen molar-refractivity contribution in [2.45, 2.75) is 13.1 Å². The minimum absolute atomic E-state index is 0.108. The molecule has 0 fully saturated rings. The van der Waals surface area contributed by atoms with Crippen molar-refractivity contribution in [1.82, 2.24) is 10.3 Å². The largest absolute Gasteiger partial charge is 0.508 e. The molecule has 1 aromatic carbocycles. The molecule has 0 aliphatic heterocycles.